The summed E-state index contributed by atoms with van der Waals surface area (Å²) >= 11 is 0. The van der Waals surface area contributed by atoms with Gasteiger partial charge in [0.05, 0.1) is 13.7 Å². The molecule has 24 heavy (non-hydrogen) atoms. The van der Waals surface area contributed by atoms with Crippen LogP contribution in [0.1, 0.15) is 13.8 Å². The number of carbonyl (C=O) groups excluding carboxylic acids is 1. The van der Waals surface area contributed by atoms with Crippen molar-refractivity contribution in [1.82, 2.24) is 10.2 Å². The number of halogens is 2. The molecule has 0 aliphatic rings. The summed E-state index contributed by atoms with van der Waals surface area (Å²) in [5, 5.41) is 5.62. The monoisotopic (exact) mass is 381 g/mol. The number of amides is 1. The Bertz CT molecular complexity index is 472. The second kappa shape index (κ2) is 14.2. The zero-order valence-corrected chi connectivity index (χ0v) is 16.4. The van der Waals surface area contributed by atoms with Gasteiger partial charge in [-0.2, -0.15) is 0 Å². The lowest BCUT2D eigenvalue weighted by Crippen LogP contribution is -2.28. The number of hydrogen-bond acceptors (Lipinski definition) is 5. The summed E-state index contributed by atoms with van der Waals surface area (Å²) in [5.74, 6) is 1.20. The van der Waals surface area contributed by atoms with Gasteiger partial charge in [0, 0.05) is 18.3 Å². The minimum absolute atomic E-state index is 0. The van der Waals surface area contributed by atoms with Gasteiger partial charge in [-0.1, -0.05) is 13.8 Å². The van der Waals surface area contributed by atoms with Crippen LogP contribution in [0.15, 0.2) is 18.2 Å². The number of methoxy groups -OCH3 is 1. The summed E-state index contributed by atoms with van der Waals surface area (Å²) in [5.41, 5.74) is 0.693. The minimum atomic E-state index is -0.0956. The fraction of sp³-hybridized carbons (Fsp3) is 0.562. The smallest absolute Gasteiger partial charge is 0.238 e. The Morgan fingerprint density at radius 3 is 2.38 bits per heavy atom. The van der Waals surface area contributed by atoms with E-state index < -0.39 is 0 Å². The molecule has 0 radical (unpaired) electrons. The SMILES string of the molecule is CCN(CC)CCOc1cc(NC(=O)CNC)ccc1OC.Cl.Cl. The number of nitrogens with zero attached hydrogens (tertiary/aromatic N) is 1. The average Bonchev–Trinajstić information content (AvgIpc) is 2.52. The third-order valence-electron chi connectivity index (χ3n) is 3.34. The molecular formula is C16H29Cl2N3O3. The lowest BCUT2D eigenvalue weighted by Gasteiger charge is -2.19. The number of anilines is 1. The summed E-state index contributed by atoms with van der Waals surface area (Å²) in [6.45, 7) is 7.95. The predicted octanol–water partition coefficient (Wildman–Crippen LogP) is 2.42. The highest BCUT2D eigenvalue weighted by molar-refractivity contribution is 5.92. The predicted molar refractivity (Wildman–Crippen MR) is 103 cm³/mol. The summed E-state index contributed by atoms with van der Waals surface area (Å²) in [6.07, 6.45) is 0. The van der Waals surface area contributed by atoms with Gasteiger partial charge in [-0.25, -0.2) is 0 Å². The molecule has 0 heterocycles. The van der Waals surface area contributed by atoms with Gasteiger partial charge in [0.1, 0.15) is 6.61 Å². The average molecular weight is 382 g/mol. The van der Waals surface area contributed by atoms with Crippen LogP contribution in [0.5, 0.6) is 11.5 Å². The molecule has 1 aromatic rings. The molecule has 6 nitrogen and oxygen atoms in total. The van der Waals surface area contributed by atoms with E-state index in [9.17, 15) is 4.79 Å². The standard InChI is InChI=1S/C16H27N3O3.2ClH/c1-5-19(6-2)9-10-22-15-11-13(7-8-14(15)21-4)18-16(20)12-17-3;;/h7-8,11,17H,5-6,9-10,12H2,1-4H3,(H,18,20);2*1H. The van der Waals surface area contributed by atoms with E-state index in [0.29, 0.717) is 23.8 Å². The molecular weight excluding hydrogens is 353 g/mol. The molecule has 8 heteroatoms. The summed E-state index contributed by atoms with van der Waals surface area (Å²) < 4.78 is 11.1. The number of likely N-dealkylation sites (N-methyl/N-ethyl adjacent to an activating group) is 2. The van der Waals surface area contributed by atoms with Gasteiger partial charge >= 0.3 is 0 Å². The Labute approximate surface area is 157 Å². The molecule has 0 aliphatic carbocycles. The van der Waals surface area contributed by atoms with E-state index in [1.165, 1.54) is 0 Å². The van der Waals surface area contributed by atoms with Crippen molar-refractivity contribution < 1.29 is 14.3 Å². The molecule has 140 valence electrons. The van der Waals surface area contributed by atoms with Crippen molar-refractivity contribution in [3.05, 3.63) is 18.2 Å². The first kappa shape index (κ1) is 25.0. The van der Waals surface area contributed by atoms with E-state index in [1.807, 2.05) is 0 Å². The van der Waals surface area contributed by atoms with Gasteiger partial charge in [-0.05, 0) is 32.3 Å². The molecule has 0 aromatic heterocycles. The molecule has 0 saturated heterocycles. The lowest BCUT2D eigenvalue weighted by atomic mass is 10.2. The second-order valence-corrected chi connectivity index (χ2v) is 4.82. The maximum Gasteiger partial charge on any atom is 0.238 e. The van der Waals surface area contributed by atoms with Crippen molar-refractivity contribution in [2.24, 2.45) is 0 Å². The second-order valence-electron chi connectivity index (χ2n) is 4.82. The van der Waals surface area contributed by atoms with Crippen LogP contribution >= 0.6 is 24.8 Å². The van der Waals surface area contributed by atoms with Crippen LogP contribution in [0.4, 0.5) is 5.69 Å². The fourth-order valence-corrected chi connectivity index (χ4v) is 2.06. The van der Waals surface area contributed by atoms with E-state index in [0.717, 1.165) is 19.6 Å². The molecule has 0 atom stereocenters. The van der Waals surface area contributed by atoms with Gasteiger partial charge in [0.25, 0.3) is 0 Å². The number of hydrogen-bond donors (Lipinski definition) is 2. The highest BCUT2D eigenvalue weighted by atomic mass is 35.5. The van der Waals surface area contributed by atoms with E-state index in [1.54, 1.807) is 32.4 Å². The summed E-state index contributed by atoms with van der Waals surface area (Å²) in [4.78, 5) is 13.9. The Balaban J connectivity index is 0. The van der Waals surface area contributed by atoms with Crippen LogP contribution in [0, 0.1) is 0 Å². The Kier molecular flexibility index (Phi) is 14.8. The number of nitrogens with one attached hydrogen (secondary N) is 2. The largest absolute Gasteiger partial charge is 0.493 e. The van der Waals surface area contributed by atoms with E-state index in [-0.39, 0.29) is 37.3 Å². The van der Waals surface area contributed by atoms with E-state index >= 15 is 0 Å². The molecule has 1 rings (SSSR count). The van der Waals surface area contributed by atoms with Crippen LogP contribution in [-0.4, -0.2) is 57.8 Å². The van der Waals surface area contributed by atoms with Crippen molar-refractivity contribution >= 4 is 36.4 Å². The zero-order chi connectivity index (χ0) is 16.4. The molecule has 2 N–H and O–H groups in total. The maximum atomic E-state index is 11.6. The fourth-order valence-electron chi connectivity index (χ4n) is 2.06. The van der Waals surface area contributed by atoms with Crippen molar-refractivity contribution in [2.45, 2.75) is 13.8 Å². The molecule has 1 aromatic carbocycles. The number of benzene rings is 1. The van der Waals surface area contributed by atoms with Gasteiger partial charge in [0.15, 0.2) is 11.5 Å². The molecule has 0 spiro atoms. The van der Waals surface area contributed by atoms with Crippen molar-refractivity contribution in [3.8, 4) is 11.5 Å². The topological polar surface area (TPSA) is 62.8 Å². The first-order chi connectivity index (χ1) is 10.6. The van der Waals surface area contributed by atoms with Crippen LogP contribution in [0.25, 0.3) is 0 Å². The van der Waals surface area contributed by atoms with Crippen LogP contribution in [0.2, 0.25) is 0 Å². The number of carbonyl (C=O) groups is 1. The highest BCUT2D eigenvalue weighted by Gasteiger charge is 2.08. The first-order valence-corrected chi connectivity index (χ1v) is 7.62. The van der Waals surface area contributed by atoms with Gasteiger partial charge in [-0.3, -0.25) is 4.79 Å². The zero-order valence-electron chi connectivity index (χ0n) is 14.8. The van der Waals surface area contributed by atoms with Crippen molar-refractivity contribution in [2.75, 3.05) is 52.3 Å². The third kappa shape index (κ3) is 8.59. The van der Waals surface area contributed by atoms with Gasteiger partial charge < -0.3 is 25.0 Å². The summed E-state index contributed by atoms with van der Waals surface area (Å²) in [6, 6.07) is 5.37. The van der Waals surface area contributed by atoms with Crippen LogP contribution < -0.4 is 20.1 Å². The Morgan fingerprint density at radius 1 is 1.17 bits per heavy atom. The van der Waals surface area contributed by atoms with Gasteiger partial charge in [-0.15, -0.1) is 24.8 Å². The van der Waals surface area contributed by atoms with E-state index in [2.05, 4.69) is 29.4 Å². The number of ether oxygens (including phenoxy) is 2. The highest BCUT2D eigenvalue weighted by Crippen LogP contribution is 2.30. The third-order valence-corrected chi connectivity index (χ3v) is 3.34. The van der Waals surface area contributed by atoms with E-state index in [4.69, 9.17) is 9.47 Å². The first-order valence-electron chi connectivity index (χ1n) is 7.62. The quantitative estimate of drug-likeness (QED) is 0.651. The normalized spacial score (nSPS) is 9.71. The molecule has 1 amide bonds. The van der Waals surface area contributed by atoms with Crippen LogP contribution in [-0.2, 0) is 4.79 Å². The maximum absolute atomic E-state index is 11.6. The van der Waals surface area contributed by atoms with Gasteiger partial charge in [0.2, 0.25) is 5.91 Å². The molecule has 0 saturated carbocycles. The van der Waals surface area contributed by atoms with Crippen molar-refractivity contribution in [3.63, 3.8) is 0 Å². The molecule has 0 bridgehead atoms. The molecule has 0 fully saturated rings. The number of rotatable bonds is 10. The lowest BCUT2D eigenvalue weighted by molar-refractivity contribution is -0.115. The molecule has 0 unspecified atom stereocenters. The van der Waals surface area contributed by atoms with Crippen LogP contribution in [0.3, 0.4) is 0 Å². The summed E-state index contributed by atoms with van der Waals surface area (Å²) in [7, 11) is 3.33. The Hall–Kier alpha value is -1.21. The minimum Gasteiger partial charge on any atom is -0.493 e. The molecule has 0 aliphatic heterocycles. The van der Waals surface area contributed by atoms with Crippen molar-refractivity contribution in [1.29, 1.82) is 0 Å². The Morgan fingerprint density at radius 2 is 1.83 bits per heavy atom.